The lowest BCUT2D eigenvalue weighted by atomic mass is 10.1. The van der Waals surface area contributed by atoms with E-state index in [9.17, 15) is 9.59 Å². The smallest absolute Gasteiger partial charge is 0.411 e. The zero-order valence-corrected chi connectivity index (χ0v) is 16.7. The van der Waals surface area contributed by atoms with E-state index in [1.165, 1.54) is 11.0 Å². The summed E-state index contributed by atoms with van der Waals surface area (Å²) in [6.45, 7) is 16.7. The zero-order valence-electron chi connectivity index (χ0n) is 15.7. The highest BCUT2D eigenvalue weighted by molar-refractivity contribution is 6.74. The molecular formula is C17H31NO4Si. The summed E-state index contributed by atoms with van der Waals surface area (Å²) in [5.74, 6) is -0.110. The van der Waals surface area contributed by atoms with E-state index in [-0.39, 0.29) is 17.4 Å². The van der Waals surface area contributed by atoms with Crippen LogP contribution in [0.3, 0.4) is 0 Å². The molecule has 0 aromatic carbocycles. The topological polar surface area (TPSA) is 55.8 Å². The van der Waals surface area contributed by atoms with E-state index < -0.39 is 26.1 Å². The van der Waals surface area contributed by atoms with E-state index in [1.807, 2.05) is 20.8 Å². The fraction of sp³-hybridized carbons (Fsp3) is 0.765. The van der Waals surface area contributed by atoms with Gasteiger partial charge in [0.15, 0.2) is 14.1 Å². The van der Waals surface area contributed by atoms with Crippen LogP contribution >= 0.6 is 0 Å². The number of ether oxygens (including phenoxy) is 1. The molecule has 1 amide bonds. The van der Waals surface area contributed by atoms with E-state index in [4.69, 9.17) is 9.16 Å². The van der Waals surface area contributed by atoms with Crippen molar-refractivity contribution in [2.24, 2.45) is 0 Å². The second-order valence-corrected chi connectivity index (χ2v) is 13.3. The molecule has 1 aliphatic heterocycles. The fourth-order valence-electron chi connectivity index (χ4n) is 1.87. The van der Waals surface area contributed by atoms with Gasteiger partial charge in [-0.25, -0.2) is 4.79 Å². The molecule has 1 rings (SSSR count). The van der Waals surface area contributed by atoms with Crippen LogP contribution < -0.4 is 0 Å². The second-order valence-electron chi connectivity index (χ2n) is 8.52. The highest BCUT2D eigenvalue weighted by atomic mass is 28.4. The van der Waals surface area contributed by atoms with Gasteiger partial charge < -0.3 is 9.16 Å². The van der Waals surface area contributed by atoms with Gasteiger partial charge in [-0.1, -0.05) is 26.8 Å². The van der Waals surface area contributed by atoms with Gasteiger partial charge >= 0.3 is 6.09 Å². The number of hydrogen-bond donors (Lipinski definition) is 0. The summed E-state index contributed by atoms with van der Waals surface area (Å²) in [6.07, 6.45) is 2.74. The number of rotatable bonds is 3. The fourth-order valence-corrected chi connectivity index (χ4v) is 2.88. The minimum atomic E-state index is -1.98. The van der Waals surface area contributed by atoms with Crippen molar-refractivity contribution in [1.29, 1.82) is 0 Å². The minimum absolute atomic E-state index is 0.0529. The number of carbonyl (C=O) groups excluding carboxylic acids is 2. The maximum atomic E-state index is 12.4. The SMILES string of the molecule is CC(C)(C)OC(=O)N1CC=CC(=O)[C@H]1CO[Si](C)(C)C(C)(C)C. The van der Waals surface area contributed by atoms with Gasteiger partial charge in [-0.3, -0.25) is 9.69 Å². The van der Waals surface area contributed by atoms with Gasteiger partial charge in [0, 0.05) is 6.54 Å². The quantitative estimate of drug-likeness (QED) is 0.734. The molecule has 0 spiro atoms. The Kier molecular flexibility index (Phi) is 5.86. The Labute approximate surface area is 141 Å². The summed E-state index contributed by atoms with van der Waals surface area (Å²) < 4.78 is 11.6. The molecular weight excluding hydrogens is 310 g/mol. The van der Waals surface area contributed by atoms with Gasteiger partial charge in [-0.15, -0.1) is 0 Å². The third-order valence-corrected chi connectivity index (χ3v) is 8.83. The van der Waals surface area contributed by atoms with Crippen molar-refractivity contribution in [1.82, 2.24) is 4.90 Å². The van der Waals surface area contributed by atoms with Crippen LogP contribution in [0.5, 0.6) is 0 Å². The molecule has 0 aromatic rings. The Morgan fingerprint density at radius 2 is 1.83 bits per heavy atom. The molecule has 0 N–H and O–H groups in total. The Hall–Kier alpha value is -1.14. The summed E-state index contributed by atoms with van der Waals surface area (Å²) in [4.78, 5) is 26.1. The van der Waals surface area contributed by atoms with Crippen molar-refractivity contribution in [2.45, 2.75) is 71.3 Å². The molecule has 1 aliphatic rings. The Morgan fingerprint density at radius 1 is 1.26 bits per heavy atom. The number of hydrogen-bond acceptors (Lipinski definition) is 4. The highest BCUT2D eigenvalue weighted by Crippen LogP contribution is 2.36. The molecule has 0 radical (unpaired) electrons. The van der Waals surface area contributed by atoms with E-state index in [1.54, 1.807) is 6.08 Å². The van der Waals surface area contributed by atoms with Crippen LogP contribution in [0, 0.1) is 0 Å². The third-order valence-electron chi connectivity index (χ3n) is 4.33. The van der Waals surface area contributed by atoms with Gasteiger partial charge in [0.2, 0.25) is 0 Å². The third kappa shape index (κ3) is 5.46. The van der Waals surface area contributed by atoms with Gasteiger partial charge in [0.1, 0.15) is 11.6 Å². The normalized spacial score (nSPS) is 19.9. The lowest BCUT2D eigenvalue weighted by Crippen LogP contribution is -2.53. The Balaban J connectivity index is 2.86. The van der Waals surface area contributed by atoms with Crippen LogP contribution in [0.2, 0.25) is 18.1 Å². The maximum Gasteiger partial charge on any atom is 0.411 e. The first kappa shape index (κ1) is 19.9. The molecule has 0 aromatic heterocycles. The van der Waals surface area contributed by atoms with Crippen LogP contribution in [0.4, 0.5) is 4.79 Å². The van der Waals surface area contributed by atoms with E-state index in [0.717, 1.165) is 0 Å². The standard InChI is InChI=1S/C17H31NO4Si/c1-16(2,3)22-15(20)18-11-9-10-14(19)13(18)12-21-23(7,8)17(4,5)6/h9-10,13H,11-12H2,1-8H3/t13-/m1/s1. The molecule has 1 heterocycles. The van der Waals surface area contributed by atoms with Gasteiger partial charge in [-0.2, -0.15) is 0 Å². The van der Waals surface area contributed by atoms with Crippen molar-refractivity contribution in [2.75, 3.05) is 13.2 Å². The van der Waals surface area contributed by atoms with Crippen LogP contribution in [0.25, 0.3) is 0 Å². The molecule has 0 unspecified atom stereocenters. The summed E-state index contributed by atoms with van der Waals surface area (Å²) in [5.41, 5.74) is -0.591. The summed E-state index contributed by atoms with van der Waals surface area (Å²) >= 11 is 0. The zero-order chi connectivity index (χ0) is 18.1. The molecule has 132 valence electrons. The van der Waals surface area contributed by atoms with Crippen LogP contribution in [-0.2, 0) is 14.0 Å². The number of nitrogens with zero attached hydrogens (tertiary/aromatic N) is 1. The van der Waals surface area contributed by atoms with Crippen LogP contribution in [0.15, 0.2) is 12.2 Å². The Bertz CT molecular complexity index is 486. The van der Waals surface area contributed by atoms with Crippen molar-refractivity contribution in [3.05, 3.63) is 12.2 Å². The minimum Gasteiger partial charge on any atom is -0.444 e. The average Bonchev–Trinajstić information content (AvgIpc) is 2.33. The molecule has 0 bridgehead atoms. The van der Waals surface area contributed by atoms with Crippen LogP contribution in [0.1, 0.15) is 41.5 Å². The number of ketones is 1. The molecule has 0 saturated heterocycles. The number of amides is 1. The largest absolute Gasteiger partial charge is 0.444 e. The first-order valence-corrected chi connectivity index (χ1v) is 11.0. The van der Waals surface area contributed by atoms with Gasteiger partial charge in [0.25, 0.3) is 0 Å². The van der Waals surface area contributed by atoms with E-state index in [2.05, 4.69) is 33.9 Å². The van der Waals surface area contributed by atoms with Gasteiger partial charge in [0.05, 0.1) is 6.61 Å². The monoisotopic (exact) mass is 341 g/mol. The first-order chi connectivity index (χ1) is 10.2. The molecule has 23 heavy (non-hydrogen) atoms. The summed E-state index contributed by atoms with van der Waals surface area (Å²) in [6, 6.07) is -0.607. The summed E-state index contributed by atoms with van der Waals surface area (Å²) in [7, 11) is -1.98. The van der Waals surface area contributed by atoms with Gasteiger partial charge in [-0.05, 0) is 45.0 Å². The summed E-state index contributed by atoms with van der Waals surface area (Å²) in [5, 5.41) is 0.0529. The molecule has 1 atom stereocenters. The lowest BCUT2D eigenvalue weighted by molar-refractivity contribution is -0.121. The highest BCUT2D eigenvalue weighted by Gasteiger charge is 2.40. The van der Waals surface area contributed by atoms with Crippen molar-refractivity contribution in [3.63, 3.8) is 0 Å². The van der Waals surface area contributed by atoms with Crippen molar-refractivity contribution < 1.29 is 18.8 Å². The Morgan fingerprint density at radius 3 is 2.30 bits per heavy atom. The van der Waals surface area contributed by atoms with E-state index in [0.29, 0.717) is 6.54 Å². The maximum absolute atomic E-state index is 12.4. The predicted octanol–water partition coefficient (Wildman–Crippen LogP) is 3.75. The second kappa shape index (κ2) is 6.77. The predicted molar refractivity (Wildman–Crippen MR) is 94.0 cm³/mol. The number of carbonyl (C=O) groups is 2. The van der Waals surface area contributed by atoms with Crippen molar-refractivity contribution >= 4 is 20.2 Å². The van der Waals surface area contributed by atoms with E-state index >= 15 is 0 Å². The first-order valence-electron chi connectivity index (χ1n) is 8.08. The molecule has 6 heteroatoms. The average molecular weight is 342 g/mol. The molecule has 0 aliphatic carbocycles. The molecule has 0 fully saturated rings. The van der Waals surface area contributed by atoms with Crippen molar-refractivity contribution in [3.8, 4) is 0 Å². The lowest BCUT2D eigenvalue weighted by Gasteiger charge is -2.39. The molecule has 5 nitrogen and oxygen atoms in total. The van der Waals surface area contributed by atoms with Crippen LogP contribution in [-0.4, -0.2) is 49.9 Å². The molecule has 0 saturated carbocycles.